The molecule has 0 radical (unpaired) electrons. The average molecular weight is 308 g/mol. The maximum absolute atomic E-state index is 5.70. The molecule has 3 rings (SSSR count). The molecule has 86 valence electrons. The van der Waals surface area contributed by atoms with E-state index in [0.717, 1.165) is 22.3 Å². The summed E-state index contributed by atoms with van der Waals surface area (Å²) in [5.41, 5.74) is 11.4. The Morgan fingerprint density at radius 2 is 2.29 bits per heavy atom. The monoisotopic (exact) mass is 307 g/mol. The van der Waals surface area contributed by atoms with Gasteiger partial charge in [-0.25, -0.2) is 4.98 Å². The van der Waals surface area contributed by atoms with Crippen LogP contribution < -0.4 is 5.73 Å². The Balaban J connectivity index is 2.18. The lowest BCUT2D eigenvalue weighted by atomic mass is 10.1. The van der Waals surface area contributed by atoms with Crippen LogP contribution in [-0.4, -0.2) is 9.97 Å². The van der Waals surface area contributed by atoms with Crippen molar-refractivity contribution in [2.24, 2.45) is 0 Å². The van der Waals surface area contributed by atoms with Crippen molar-refractivity contribution < 1.29 is 0 Å². The lowest BCUT2D eigenvalue weighted by Gasteiger charge is -2.03. The summed E-state index contributed by atoms with van der Waals surface area (Å²) in [6.07, 6.45) is 2.74. The van der Waals surface area contributed by atoms with Crippen LogP contribution in [0.2, 0.25) is 0 Å². The molecule has 0 atom stereocenters. The van der Waals surface area contributed by atoms with Gasteiger partial charge in [0.1, 0.15) is 0 Å². The lowest BCUT2D eigenvalue weighted by Crippen LogP contribution is -1.91. The molecule has 1 aliphatic rings. The van der Waals surface area contributed by atoms with Crippen LogP contribution >= 0.6 is 27.3 Å². The molecule has 0 aliphatic heterocycles. The van der Waals surface area contributed by atoms with E-state index in [-0.39, 0.29) is 0 Å². The zero-order valence-corrected chi connectivity index (χ0v) is 11.6. The van der Waals surface area contributed by atoms with Crippen LogP contribution in [-0.2, 0) is 6.42 Å². The number of nitrogen functional groups attached to an aromatic ring is 1. The van der Waals surface area contributed by atoms with Gasteiger partial charge in [0.05, 0.1) is 11.4 Å². The predicted octanol–water partition coefficient (Wildman–Crippen LogP) is 3.26. The Kier molecular flexibility index (Phi) is 2.52. The Labute approximate surface area is 112 Å². The number of anilines is 1. The maximum atomic E-state index is 5.70. The third kappa shape index (κ3) is 1.79. The molecule has 1 aliphatic carbocycles. The van der Waals surface area contributed by atoms with Crippen molar-refractivity contribution in [3.05, 3.63) is 44.6 Å². The van der Waals surface area contributed by atoms with E-state index in [0.29, 0.717) is 5.13 Å². The van der Waals surface area contributed by atoms with E-state index >= 15 is 0 Å². The molecule has 0 fully saturated rings. The van der Waals surface area contributed by atoms with Gasteiger partial charge in [-0.3, -0.25) is 4.98 Å². The zero-order chi connectivity index (χ0) is 12.0. The highest BCUT2D eigenvalue weighted by Crippen LogP contribution is 2.37. The highest BCUT2D eigenvalue weighted by molar-refractivity contribution is 9.10. The number of allylic oxidation sites excluding steroid dienone is 1. The number of nitrogens with two attached hydrogens (primary N) is 1. The first kappa shape index (κ1) is 10.9. The number of nitrogens with zero attached hydrogens (tertiary/aromatic N) is 2. The Hall–Kier alpha value is -1.20. The first-order valence-electron chi connectivity index (χ1n) is 5.21. The summed E-state index contributed by atoms with van der Waals surface area (Å²) in [5.74, 6) is 0. The minimum Gasteiger partial charge on any atom is -0.375 e. The summed E-state index contributed by atoms with van der Waals surface area (Å²) in [7, 11) is 0. The van der Waals surface area contributed by atoms with Crippen LogP contribution in [0.3, 0.4) is 0 Å². The molecule has 2 aromatic heterocycles. The first-order valence-corrected chi connectivity index (χ1v) is 6.88. The van der Waals surface area contributed by atoms with Crippen molar-refractivity contribution in [3.63, 3.8) is 0 Å². The number of rotatable bonds is 1. The van der Waals surface area contributed by atoms with E-state index < -0.39 is 0 Å². The van der Waals surface area contributed by atoms with Crippen LogP contribution in [0.4, 0.5) is 5.13 Å². The molecule has 2 heterocycles. The van der Waals surface area contributed by atoms with Gasteiger partial charge in [0, 0.05) is 33.6 Å². The van der Waals surface area contributed by atoms with Crippen molar-refractivity contribution in [1.82, 2.24) is 9.97 Å². The summed E-state index contributed by atoms with van der Waals surface area (Å²) in [6.45, 7) is 2.13. The minimum absolute atomic E-state index is 0.608. The quantitative estimate of drug-likeness (QED) is 0.880. The molecule has 0 aromatic carbocycles. The molecule has 0 amide bonds. The lowest BCUT2D eigenvalue weighted by molar-refractivity contribution is 1.08. The molecule has 0 bridgehead atoms. The summed E-state index contributed by atoms with van der Waals surface area (Å²) in [6, 6.07) is 2.10. The number of hydrogen-bond acceptors (Lipinski definition) is 4. The van der Waals surface area contributed by atoms with E-state index in [2.05, 4.69) is 38.9 Å². The average Bonchev–Trinajstić information content (AvgIpc) is 2.81. The molecular weight excluding hydrogens is 298 g/mol. The SMILES string of the molecule is CC1=C(c2csc(N)n2)c2cc(Br)cnc2C1. The van der Waals surface area contributed by atoms with Gasteiger partial charge in [0.15, 0.2) is 5.13 Å². The fourth-order valence-electron chi connectivity index (χ4n) is 2.15. The van der Waals surface area contributed by atoms with Gasteiger partial charge in [-0.15, -0.1) is 11.3 Å². The smallest absolute Gasteiger partial charge is 0.180 e. The molecule has 0 unspecified atom stereocenters. The van der Waals surface area contributed by atoms with E-state index in [9.17, 15) is 0 Å². The Morgan fingerprint density at radius 1 is 1.47 bits per heavy atom. The van der Waals surface area contributed by atoms with Crippen LogP contribution in [0.5, 0.6) is 0 Å². The summed E-state index contributed by atoms with van der Waals surface area (Å²) in [5, 5.41) is 2.61. The van der Waals surface area contributed by atoms with Crippen molar-refractivity contribution >= 4 is 38.0 Å². The standard InChI is InChI=1S/C12H10BrN3S/c1-6-2-9-8(3-7(13)4-15-9)11(6)10-5-17-12(14)16-10/h3-5H,2H2,1H3,(H2,14,16). The Morgan fingerprint density at radius 3 is 3.00 bits per heavy atom. The molecule has 3 nitrogen and oxygen atoms in total. The fourth-order valence-corrected chi connectivity index (χ4v) is 3.04. The van der Waals surface area contributed by atoms with Crippen LogP contribution in [0.1, 0.15) is 23.9 Å². The summed E-state index contributed by atoms with van der Waals surface area (Å²) >= 11 is 4.94. The molecule has 0 saturated carbocycles. The van der Waals surface area contributed by atoms with Gasteiger partial charge in [-0.05, 0) is 28.9 Å². The molecule has 5 heteroatoms. The van der Waals surface area contributed by atoms with E-state index in [1.54, 1.807) is 0 Å². The van der Waals surface area contributed by atoms with Gasteiger partial charge in [-0.1, -0.05) is 5.57 Å². The normalized spacial score (nSPS) is 14.2. The van der Waals surface area contributed by atoms with Crippen LogP contribution in [0, 0.1) is 0 Å². The molecule has 0 spiro atoms. The van der Waals surface area contributed by atoms with E-state index in [1.807, 2.05) is 11.6 Å². The fraction of sp³-hybridized carbons (Fsp3) is 0.167. The summed E-state index contributed by atoms with van der Waals surface area (Å²) < 4.78 is 0.992. The number of hydrogen-bond donors (Lipinski definition) is 1. The number of halogens is 1. The van der Waals surface area contributed by atoms with Gasteiger partial charge in [0.2, 0.25) is 0 Å². The largest absolute Gasteiger partial charge is 0.375 e. The molecular formula is C12H10BrN3S. The van der Waals surface area contributed by atoms with Crippen LogP contribution in [0.15, 0.2) is 27.7 Å². The topological polar surface area (TPSA) is 51.8 Å². The second-order valence-corrected chi connectivity index (χ2v) is 5.86. The summed E-state index contributed by atoms with van der Waals surface area (Å²) in [4.78, 5) is 8.81. The van der Waals surface area contributed by atoms with Gasteiger partial charge >= 0.3 is 0 Å². The molecule has 17 heavy (non-hydrogen) atoms. The van der Waals surface area contributed by atoms with Gasteiger partial charge in [-0.2, -0.15) is 0 Å². The third-order valence-corrected chi connectivity index (χ3v) is 3.95. The zero-order valence-electron chi connectivity index (χ0n) is 9.20. The number of fused-ring (bicyclic) bond motifs is 1. The minimum atomic E-state index is 0.608. The molecule has 2 aromatic rings. The first-order chi connectivity index (χ1) is 8.15. The van der Waals surface area contributed by atoms with Crippen LogP contribution in [0.25, 0.3) is 5.57 Å². The predicted molar refractivity (Wildman–Crippen MR) is 73.9 cm³/mol. The molecule has 2 N–H and O–H groups in total. The maximum Gasteiger partial charge on any atom is 0.180 e. The molecule has 0 saturated heterocycles. The number of pyridine rings is 1. The van der Waals surface area contributed by atoms with E-state index in [1.165, 1.54) is 28.0 Å². The third-order valence-electron chi connectivity index (χ3n) is 2.84. The number of aromatic nitrogens is 2. The van der Waals surface area contributed by atoms with Crippen molar-refractivity contribution in [1.29, 1.82) is 0 Å². The Bertz CT molecular complexity index is 630. The van der Waals surface area contributed by atoms with E-state index in [4.69, 9.17) is 5.73 Å². The number of thiazole rings is 1. The van der Waals surface area contributed by atoms with Crippen molar-refractivity contribution in [3.8, 4) is 0 Å². The highest BCUT2D eigenvalue weighted by Gasteiger charge is 2.23. The van der Waals surface area contributed by atoms with Gasteiger partial charge in [0.25, 0.3) is 0 Å². The second-order valence-electron chi connectivity index (χ2n) is 4.05. The van der Waals surface area contributed by atoms with Gasteiger partial charge < -0.3 is 5.73 Å². The second kappa shape index (κ2) is 3.92. The highest BCUT2D eigenvalue weighted by atomic mass is 79.9. The van der Waals surface area contributed by atoms with Crippen molar-refractivity contribution in [2.45, 2.75) is 13.3 Å². The van der Waals surface area contributed by atoms with Crippen molar-refractivity contribution in [2.75, 3.05) is 5.73 Å².